The topological polar surface area (TPSA) is 99.5 Å². The molecule has 0 amide bonds. The number of aliphatic hydroxyl groups excluding tert-OH is 2. The lowest BCUT2D eigenvalue weighted by molar-refractivity contribution is -0.371. The first-order valence-electron chi connectivity index (χ1n) is 20.6. The molecule has 0 aromatic heterocycles. The summed E-state index contributed by atoms with van der Waals surface area (Å²) in [6, 6.07) is 0. The van der Waals surface area contributed by atoms with Crippen LogP contribution in [0.3, 0.4) is 0 Å². The second-order valence-corrected chi connectivity index (χ2v) is 13.6. The minimum Gasteiger partial charge on any atom is -0.481 e. The number of aliphatic carboxylic acids is 1. The van der Waals surface area contributed by atoms with Crippen molar-refractivity contribution in [2.45, 2.75) is 219 Å². The number of hydrogen-bond acceptors (Lipinski definition) is 6. The average Bonchev–Trinajstić information content (AvgIpc) is 3.07. The first kappa shape index (κ1) is 48.4. The van der Waals surface area contributed by atoms with Gasteiger partial charge in [0.15, 0.2) is 0 Å². The number of aliphatic hydroxyl groups is 2. The smallest absolute Gasteiger partial charge is 0.303 e. The Hall–Kier alpha value is -0.730. The van der Waals surface area contributed by atoms with Gasteiger partial charge in [0.1, 0.15) is 0 Å². The number of carbonyl (C=O) groups is 1. The summed E-state index contributed by atoms with van der Waals surface area (Å²) >= 11 is 0. The number of hydrogen-bond donors (Lipinski definition) is 3. The Morgan fingerprint density at radius 1 is 0.426 bits per heavy atom. The van der Waals surface area contributed by atoms with Crippen LogP contribution in [0.1, 0.15) is 219 Å². The lowest BCUT2D eigenvalue weighted by Crippen LogP contribution is -2.28. The predicted octanol–water partition coefficient (Wildman–Crippen LogP) is 11.7. The Balaban J connectivity index is 0. The standard InChI is InChI=1S/C24H51NO4.C16H32O2/c1-2-3-4-5-6-7-8-9-10-11-12-13-14-15-16-17-18-19-20-25(28-23-21-26)29-24-22-27;1-2-3-4-5-6-7-8-9-10-11-12-13-14-15-16(17)18/h26-27H,2-24H2,1H3;2-15H2,1H3,(H,17,18). The highest BCUT2D eigenvalue weighted by atomic mass is 16.9. The van der Waals surface area contributed by atoms with Crippen LogP contribution in [0.2, 0.25) is 0 Å². The maximum absolute atomic E-state index is 10.3. The summed E-state index contributed by atoms with van der Waals surface area (Å²) in [5.41, 5.74) is 0. The van der Waals surface area contributed by atoms with Crippen molar-refractivity contribution in [2.75, 3.05) is 33.0 Å². The van der Waals surface area contributed by atoms with Crippen LogP contribution < -0.4 is 0 Å². The van der Waals surface area contributed by atoms with Crippen molar-refractivity contribution in [3.05, 3.63) is 0 Å². The summed E-state index contributed by atoms with van der Waals surface area (Å²) in [6.45, 7) is 5.62. The number of carboxylic acid groups (broad SMARTS) is 1. The van der Waals surface area contributed by atoms with Crippen molar-refractivity contribution in [2.24, 2.45) is 0 Å². The largest absolute Gasteiger partial charge is 0.481 e. The van der Waals surface area contributed by atoms with Gasteiger partial charge < -0.3 is 15.3 Å². The van der Waals surface area contributed by atoms with Gasteiger partial charge in [-0.2, -0.15) is 0 Å². The molecule has 7 nitrogen and oxygen atoms in total. The third-order valence-corrected chi connectivity index (χ3v) is 8.84. The second-order valence-electron chi connectivity index (χ2n) is 13.6. The van der Waals surface area contributed by atoms with Gasteiger partial charge in [0.05, 0.1) is 33.0 Å². The van der Waals surface area contributed by atoms with Crippen molar-refractivity contribution >= 4 is 5.97 Å². The Morgan fingerprint density at radius 2 is 0.681 bits per heavy atom. The fraction of sp³-hybridized carbons (Fsp3) is 0.975. The van der Waals surface area contributed by atoms with E-state index in [2.05, 4.69) is 13.8 Å². The van der Waals surface area contributed by atoms with E-state index < -0.39 is 5.97 Å². The zero-order valence-corrected chi connectivity index (χ0v) is 31.7. The first-order chi connectivity index (χ1) is 23.1. The van der Waals surface area contributed by atoms with E-state index in [0.29, 0.717) is 13.0 Å². The molecule has 0 rings (SSSR count). The molecular weight excluding hydrogens is 590 g/mol. The van der Waals surface area contributed by atoms with E-state index in [1.807, 2.05) is 0 Å². The lowest BCUT2D eigenvalue weighted by Gasteiger charge is -2.20. The number of carboxylic acids is 1. The molecule has 0 bridgehead atoms. The summed E-state index contributed by atoms with van der Waals surface area (Å²) < 4.78 is 0. The fourth-order valence-corrected chi connectivity index (χ4v) is 5.89. The van der Waals surface area contributed by atoms with Crippen LogP contribution in [0, 0.1) is 0 Å². The Bertz CT molecular complexity index is 557. The van der Waals surface area contributed by atoms with Gasteiger partial charge in [-0.1, -0.05) is 205 Å². The SMILES string of the molecule is CCCCCCCCCCCCCCCC(=O)O.CCCCCCCCCCCCCCCCCCCCN(OCCO)OCCO. The average molecular weight is 674 g/mol. The molecule has 0 aliphatic heterocycles. The van der Waals surface area contributed by atoms with Crippen molar-refractivity contribution < 1.29 is 29.8 Å². The maximum Gasteiger partial charge on any atom is 0.303 e. The van der Waals surface area contributed by atoms with Crippen LogP contribution in [-0.2, 0) is 14.5 Å². The first-order valence-corrected chi connectivity index (χ1v) is 20.6. The van der Waals surface area contributed by atoms with E-state index in [0.717, 1.165) is 19.3 Å². The molecule has 0 aromatic rings. The predicted molar refractivity (Wildman–Crippen MR) is 200 cm³/mol. The van der Waals surface area contributed by atoms with Gasteiger partial charge in [-0.15, -0.1) is 0 Å². The summed E-state index contributed by atoms with van der Waals surface area (Å²) in [5, 5.41) is 27.5. The molecule has 0 aromatic carbocycles. The van der Waals surface area contributed by atoms with E-state index in [4.69, 9.17) is 25.0 Å². The Labute approximate surface area is 292 Å². The molecule has 0 heterocycles. The molecule has 0 spiro atoms. The molecule has 0 atom stereocenters. The summed E-state index contributed by atoms with van der Waals surface area (Å²) in [7, 11) is 0. The van der Waals surface area contributed by atoms with E-state index in [-0.39, 0.29) is 26.4 Å². The maximum atomic E-state index is 10.3. The van der Waals surface area contributed by atoms with Crippen molar-refractivity contribution in [1.82, 2.24) is 5.23 Å². The third-order valence-electron chi connectivity index (χ3n) is 8.84. The molecule has 0 aliphatic carbocycles. The normalized spacial score (nSPS) is 11.3. The molecule has 0 fully saturated rings. The van der Waals surface area contributed by atoms with Crippen LogP contribution in [0.5, 0.6) is 0 Å². The van der Waals surface area contributed by atoms with Gasteiger partial charge in [0, 0.05) is 6.42 Å². The van der Waals surface area contributed by atoms with E-state index in [1.54, 1.807) is 0 Å². The molecule has 0 radical (unpaired) electrons. The zero-order valence-electron chi connectivity index (χ0n) is 31.7. The van der Waals surface area contributed by atoms with Gasteiger partial charge in [0.2, 0.25) is 0 Å². The monoisotopic (exact) mass is 674 g/mol. The Kier molecular flexibility index (Phi) is 46.6. The quantitative estimate of drug-likeness (QED) is 0.0441. The zero-order chi connectivity index (χ0) is 34.7. The van der Waals surface area contributed by atoms with Crippen LogP contribution in [-0.4, -0.2) is 59.5 Å². The van der Waals surface area contributed by atoms with E-state index >= 15 is 0 Å². The van der Waals surface area contributed by atoms with Gasteiger partial charge in [-0.05, 0) is 12.8 Å². The van der Waals surface area contributed by atoms with Crippen molar-refractivity contribution in [3.8, 4) is 0 Å². The van der Waals surface area contributed by atoms with Crippen LogP contribution in [0.25, 0.3) is 0 Å². The number of nitrogens with zero attached hydrogens (tertiary/aromatic N) is 1. The molecule has 7 heteroatoms. The summed E-state index contributed by atoms with van der Waals surface area (Å²) in [6.07, 6.45) is 41.8. The summed E-state index contributed by atoms with van der Waals surface area (Å²) in [4.78, 5) is 20.9. The highest BCUT2D eigenvalue weighted by Gasteiger charge is 2.05. The minimum atomic E-state index is -0.655. The fourth-order valence-electron chi connectivity index (χ4n) is 5.89. The number of hydroxylamine groups is 2. The van der Waals surface area contributed by atoms with E-state index in [9.17, 15) is 4.79 Å². The summed E-state index contributed by atoms with van der Waals surface area (Å²) in [5.74, 6) is -0.655. The minimum absolute atomic E-state index is 0.0297. The Morgan fingerprint density at radius 3 is 0.936 bits per heavy atom. The molecule has 284 valence electrons. The lowest BCUT2D eigenvalue weighted by atomic mass is 10.0. The number of unbranched alkanes of at least 4 members (excludes halogenated alkanes) is 29. The molecule has 0 saturated carbocycles. The molecular formula is C40H83NO6. The van der Waals surface area contributed by atoms with Crippen LogP contribution >= 0.6 is 0 Å². The van der Waals surface area contributed by atoms with Crippen molar-refractivity contribution in [3.63, 3.8) is 0 Å². The second kappa shape index (κ2) is 45.3. The third kappa shape index (κ3) is 47.4. The van der Waals surface area contributed by atoms with Gasteiger partial charge >= 0.3 is 5.97 Å². The van der Waals surface area contributed by atoms with Gasteiger partial charge in [-0.3, -0.25) is 14.5 Å². The molecule has 0 aliphatic rings. The highest BCUT2D eigenvalue weighted by molar-refractivity contribution is 5.66. The van der Waals surface area contributed by atoms with Gasteiger partial charge in [-0.25, -0.2) is 0 Å². The highest BCUT2D eigenvalue weighted by Crippen LogP contribution is 2.15. The van der Waals surface area contributed by atoms with E-state index in [1.165, 1.54) is 185 Å². The van der Waals surface area contributed by atoms with Crippen LogP contribution in [0.15, 0.2) is 0 Å². The number of rotatable bonds is 39. The van der Waals surface area contributed by atoms with Gasteiger partial charge in [0.25, 0.3) is 0 Å². The van der Waals surface area contributed by atoms with Crippen molar-refractivity contribution in [1.29, 1.82) is 0 Å². The molecule has 3 N–H and O–H groups in total. The van der Waals surface area contributed by atoms with Crippen LogP contribution in [0.4, 0.5) is 0 Å². The molecule has 47 heavy (non-hydrogen) atoms. The molecule has 0 saturated heterocycles. The molecule has 0 unspecified atom stereocenters.